The molecule has 0 aromatic heterocycles. The fourth-order valence-corrected chi connectivity index (χ4v) is 3.94. The molecule has 6 nitrogen and oxygen atoms in total. The molecule has 0 spiro atoms. The third-order valence-corrected chi connectivity index (χ3v) is 5.72. The van der Waals surface area contributed by atoms with Crippen molar-refractivity contribution in [3.63, 3.8) is 0 Å². The maximum Gasteiger partial charge on any atom is 0.236 e. The molecular weight excluding hydrogens is 342 g/mol. The maximum atomic E-state index is 12.6. The van der Waals surface area contributed by atoms with Gasteiger partial charge >= 0.3 is 0 Å². The minimum atomic E-state index is 0.149. The number of carbonyl (C=O) groups excluding carboxylic acids is 2. The molecule has 1 unspecified atom stereocenters. The number of piperazine rings is 1. The van der Waals surface area contributed by atoms with Crippen LogP contribution in [0.4, 0.5) is 0 Å². The van der Waals surface area contributed by atoms with Crippen LogP contribution in [0.25, 0.3) is 0 Å². The summed E-state index contributed by atoms with van der Waals surface area (Å²) < 4.78 is 5.15. The van der Waals surface area contributed by atoms with E-state index in [0.29, 0.717) is 32.1 Å². The summed E-state index contributed by atoms with van der Waals surface area (Å²) in [5.41, 5.74) is 0.998. The number of amides is 2. The Morgan fingerprint density at radius 1 is 1.00 bits per heavy atom. The predicted octanol–water partition coefficient (Wildman–Crippen LogP) is 1.78. The van der Waals surface area contributed by atoms with E-state index >= 15 is 0 Å². The van der Waals surface area contributed by atoms with Crippen LogP contribution in [0.3, 0.4) is 0 Å². The number of carbonyl (C=O) groups is 2. The van der Waals surface area contributed by atoms with Gasteiger partial charge in [0.2, 0.25) is 11.8 Å². The minimum absolute atomic E-state index is 0.149. The number of nitrogens with zero attached hydrogens (tertiary/aromatic N) is 3. The minimum Gasteiger partial charge on any atom is -0.497 e. The lowest BCUT2D eigenvalue weighted by Gasteiger charge is -2.38. The second kappa shape index (κ2) is 9.22. The first-order valence-electron chi connectivity index (χ1n) is 9.99. The van der Waals surface area contributed by atoms with E-state index in [9.17, 15) is 9.59 Å². The van der Waals surface area contributed by atoms with E-state index in [-0.39, 0.29) is 11.8 Å². The molecule has 148 valence electrons. The van der Waals surface area contributed by atoms with Crippen LogP contribution in [-0.4, -0.2) is 78.9 Å². The van der Waals surface area contributed by atoms with Gasteiger partial charge in [0, 0.05) is 38.8 Å². The number of hydrogen-bond acceptors (Lipinski definition) is 4. The molecule has 27 heavy (non-hydrogen) atoms. The molecule has 0 aliphatic carbocycles. The average molecular weight is 373 g/mol. The molecule has 0 N–H and O–H groups in total. The van der Waals surface area contributed by atoms with Crippen molar-refractivity contribution in [2.24, 2.45) is 0 Å². The van der Waals surface area contributed by atoms with Crippen molar-refractivity contribution in [3.05, 3.63) is 29.8 Å². The fourth-order valence-electron chi connectivity index (χ4n) is 3.94. The second-order valence-corrected chi connectivity index (χ2v) is 7.61. The summed E-state index contributed by atoms with van der Waals surface area (Å²) in [6.45, 7) is 6.43. The van der Waals surface area contributed by atoms with Gasteiger partial charge in [-0.05, 0) is 43.9 Å². The lowest BCUT2D eigenvalue weighted by Crippen LogP contribution is -2.53. The molecular formula is C21H31N3O3. The third kappa shape index (κ3) is 5.22. The van der Waals surface area contributed by atoms with E-state index < -0.39 is 0 Å². The molecule has 2 heterocycles. The van der Waals surface area contributed by atoms with Gasteiger partial charge in [0.05, 0.1) is 20.1 Å². The molecule has 2 fully saturated rings. The van der Waals surface area contributed by atoms with Crippen molar-refractivity contribution in [2.75, 3.05) is 46.4 Å². The lowest BCUT2D eigenvalue weighted by molar-refractivity contribution is -0.137. The molecule has 6 heteroatoms. The van der Waals surface area contributed by atoms with Gasteiger partial charge in [-0.1, -0.05) is 12.1 Å². The number of ether oxygens (including phenoxy) is 1. The van der Waals surface area contributed by atoms with E-state index in [2.05, 4.69) is 11.8 Å². The zero-order valence-electron chi connectivity index (χ0n) is 16.5. The number of methoxy groups -OCH3 is 1. The molecule has 1 aromatic rings. The van der Waals surface area contributed by atoms with Crippen LogP contribution < -0.4 is 4.74 Å². The Labute approximate surface area is 162 Å². The number of piperidine rings is 1. The van der Waals surface area contributed by atoms with Gasteiger partial charge in [-0.2, -0.15) is 0 Å². The van der Waals surface area contributed by atoms with Crippen molar-refractivity contribution in [1.29, 1.82) is 0 Å². The van der Waals surface area contributed by atoms with Crippen LogP contribution in [0.1, 0.15) is 31.7 Å². The average Bonchev–Trinajstić information content (AvgIpc) is 2.69. The molecule has 2 aliphatic rings. The van der Waals surface area contributed by atoms with Crippen LogP contribution in [0.2, 0.25) is 0 Å². The van der Waals surface area contributed by atoms with Gasteiger partial charge in [0.25, 0.3) is 0 Å². The molecule has 1 aromatic carbocycles. The Hall–Kier alpha value is -2.08. The maximum absolute atomic E-state index is 12.6. The van der Waals surface area contributed by atoms with E-state index in [1.807, 2.05) is 34.1 Å². The summed E-state index contributed by atoms with van der Waals surface area (Å²) in [6.07, 6.45) is 3.86. The summed E-state index contributed by atoms with van der Waals surface area (Å²) in [4.78, 5) is 31.2. The zero-order valence-corrected chi connectivity index (χ0v) is 16.5. The highest BCUT2D eigenvalue weighted by Crippen LogP contribution is 2.17. The first kappa shape index (κ1) is 19.7. The summed E-state index contributed by atoms with van der Waals surface area (Å²) in [5.74, 6) is 1.18. The molecule has 3 rings (SSSR count). The summed E-state index contributed by atoms with van der Waals surface area (Å²) in [7, 11) is 1.64. The van der Waals surface area contributed by atoms with Crippen LogP contribution >= 0.6 is 0 Å². The van der Waals surface area contributed by atoms with Crippen molar-refractivity contribution in [1.82, 2.24) is 14.7 Å². The number of likely N-dealkylation sites (tertiary alicyclic amines) is 1. The highest BCUT2D eigenvalue weighted by atomic mass is 16.5. The van der Waals surface area contributed by atoms with E-state index in [0.717, 1.165) is 43.8 Å². The van der Waals surface area contributed by atoms with Crippen LogP contribution in [0, 0.1) is 0 Å². The standard InChI is InChI=1S/C21H31N3O3/c1-17-5-3-4-10-24(17)21(26)16-22-11-13-23(14-12-22)20(25)15-18-6-8-19(27-2)9-7-18/h6-9,17H,3-5,10-16H2,1-2H3. The summed E-state index contributed by atoms with van der Waals surface area (Å²) in [5, 5.41) is 0. The Morgan fingerprint density at radius 3 is 2.33 bits per heavy atom. The summed E-state index contributed by atoms with van der Waals surface area (Å²) >= 11 is 0. The topological polar surface area (TPSA) is 53.1 Å². The zero-order chi connectivity index (χ0) is 19.2. The van der Waals surface area contributed by atoms with Crippen LogP contribution in [-0.2, 0) is 16.0 Å². The van der Waals surface area contributed by atoms with Gasteiger partial charge in [-0.3, -0.25) is 14.5 Å². The van der Waals surface area contributed by atoms with Crippen LogP contribution in [0.5, 0.6) is 5.75 Å². The Kier molecular flexibility index (Phi) is 6.72. The highest BCUT2D eigenvalue weighted by Gasteiger charge is 2.27. The largest absolute Gasteiger partial charge is 0.497 e. The van der Waals surface area contributed by atoms with Gasteiger partial charge in [0.15, 0.2) is 0 Å². The molecule has 2 aliphatic heterocycles. The second-order valence-electron chi connectivity index (χ2n) is 7.61. The smallest absolute Gasteiger partial charge is 0.236 e. The predicted molar refractivity (Wildman–Crippen MR) is 105 cm³/mol. The van der Waals surface area contributed by atoms with E-state index in [4.69, 9.17) is 4.74 Å². The first-order chi connectivity index (χ1) is 13.1. The summed E-state index contributed by atoms with van der Waals surface area (Å²) in [6, 6.07) is 8.00. The molecule has 0 bridgehead atoms. The van der Waals surface area contributed by atoms with Gasteiger partial charge < -0.3 is 14.5 Å². The Bertz CT molecular complexity index is 639. The Morgan fingerprint density at radius 2 is 1.70 bits per heavy atom. The van der Waals surface area contributed by atoms with Crippen molar-refractivity contribution < 1.29 is 14.3 Å². The highest BCUT2D eigenvalue weighted by molar-refractivity contribution is 5.80. The molecule has 1 atom stereocenters. The number of hydrogen-bond donors (Lipinski definition) is 0. The van der Waals surface area contributed by atoms with Gasteiger partial charge in [-0.25, -0.2) is 0 Å². The molecule has 2 amide bonds. The van der Waals surface area contributed by atoms with E-state index in [1.165, 1.54) is 6.42 Å². The van der Waals surface area contributed by atoms with Gasteiger partial charge in [-0.15, -0.1) is 0 Å². The first-order valence-corrected chi connectivity index (χ1v) is 9.99. The monoisotopic (exact) mass is 373 g/mol. The van der Waals surface area contributed by atoms with Gasteiger partial charge in [0.1, 0.15) is 5.75 Å². The SMILES string of the molecule is COc1ccc(CC(=O)N2CCN(CC(=O)N3CCCCC3C)CC2)cc1. The number of benzene rings is 1. The van der Waals surface area contributed by atoms with Crippen molar-refractivity contribution >= 4 is 11.8 Å². The molecule has 0 saturated carbocycles. The van der Waals surface area contributed by atoms with Crippen molar-refractivity contribution in [2.45, 2.75) is 38.6 Å². The molecule has 2 saturated heterocycles. The van der Waals surface area contributed by atoms with Crippen LogP contribution in [0.15, 0.2) is 24.3 Å². The fraction of sp³-hybridized carbons (Fsp3) is 0.619. The number of rotatable bonds is 5. The Balaban J connectivity index is 1.43. The van der Waals surface area contributed by atoms with Crippen molar-refractivity contribution in [3.8, 4) is 5.75 Å². The molecule has 0 radical (unpaired) electrons. The lowest BCUT2D eigenvalue weighted by atomic mass is 10.0. The quantitative estimate of drug-likeness (QED) is 0.790. The van der Waals surface area contributed by atoms with E-state index in [1.54, 1.807) is 7.11 Å². The third-order valence-electron chi connectivity index (χ3n) is 5.72. The normalized spacial score (nSPS) is 21.2.